The largest absolute Gasteiger partial charge is 0.465 e. The fourth-order valence-electron chi connectivity index (χ4n) is 4.27. The molecule has 2 aliphatic rings. The van der Waals surface area contributed by atoms with Gasteiger partial charge in [0.15, 0.2) is 5.60 Å². The Kier molecular flexibility index (Phi) is 5.96. The molecule has 2 atom stereocenters. The summed E-state index contributed by atoms with van der Waals surface area (Å²) in [6.45, 7) is 1.48. The van der Waals surface area contributed by atoms with Gasteiger partial charge >= 0.3 is 5.97 Å². The highest BCUT2D eigenvalue weighted by Crippen LogP contribution is 2.49. The minimum absolute atomic E-state index is 0.0427. The zero-order valence-electron chi connectivity index (χ0n) is 16.8. The molecule has 2 heterocycles. The molecule has 1 fully saturated rings. The van der Waals surface area contributed by atoms with Gasteiger partial charge in [-0.15, -0.1) is 0 Å². The summed E-state index contributed by atoms with van der Waals surface area (Å²) in [6, 6.07) is 9.33. The number of methoxy groups -OCH3 is 1. The molecule has 0 aromatic heterocycles. The summed E-state index contributed by atoms with van der Waals surface area (Å²) in [5, 5.41) is 11.9. The highest BCUT2D eigenvalue weighted by molar-refractivity contribution is 6.35. The highest BCUT2D eigenvalue weighted by atomic mass is 35.5. The number of aliphatic hydroxyl groups is 1. The van der Waals surface area contributed by atoms with Gasteiger partial charge in [0.2, 0.25) is 0 Å². The highest BCUT2D eigenvalue weighted by Gasteiger charge is 2.53. The predicted molar refractivity (Wildman–Crippen MR) is 116 cm³/mol. The Morgan fingerprint density at radius 3 is 2.65 bits per heavy atom. The quantitative estimate of drug-likeness (QED) is 0.683. The lowest BCUT2D eigenvalue weighted by Gasteiger charge is -2.26. The average molecular weight is 467 g/mol. The topological polar surface area (TPSA) is 70.1 Å². The second-order valence-electron chi connectivity index (χ2n) is 7.68. The molecular weight excluding hydrogens is 446 g/mol. The van der Waals surface area contributed by atoms with E-state index in [4.69, 9.17) is 27.9 Å². The Morgan fingerprint density at radius 2 is 2.00 bits per heavy atom. The number of likely N-dealkylation sites (tertiary alicyclic amines) is 1. The minimum Gasteiger partial charge on any atom is -0.465 e. The number of esters is 1. The van der Waals surface area contributed by atoms with Gasteiger partial charge in [0.05, 0.1) is 23.4 Å². The van der Waals surface area contributed by atoms with Crippen LogP contribution in [-0.4, -0.2) is 61.3 Å². The van der Waals surface area contributed by atoms with E-state index in [1.165, 1.54) is 24.1 Å². The summed E-state index contributed by atoms with van der Waals surface area (Å²) in [5.41, 5.74) is -1.31. The summed E-state index contributed by atoms with van der Waals surface area (Å²) in [5.74, 6) is -1.25. The van der Waals surface area contributed by atoms with E-state index in [1.54, 1.807) is 24.3 Å². The van der Waals surface area contributed by atoms with Crippen LogP contribution < -0.4 is 4.90 Å². The average Bonchev–Trinajstić information content (AvgIpc) is 3.26. The van der Waals surface area contributed by atoms with Crippen LogP contribution in [-0.2, 0) is 15.1 Å². The Bertz CT molecular complexity index is 1050. The number of ether oxygens (including phenoxy) is 1. The van der Waals surface area contributed by atoms with E-state index >= 15 is 0 Å². The van der Waals surface area contributed by atoms with Crippen molar-refractivity contribution in [2.45, 2.75) is 18.2 Å². The van der Waals surface area contributed by atoms with Crippen molar-refractivity contribution < 1.29 is 23.8 Å². The van der Waals surface area contributed by atoms with Gasteiger partial charge in [0, 0.05) is 42.3 Å². The number of halogens is 3. The number of amides is 1. The van der Waals surface area contributed by atoms with Crippen LogP contribution in [0.15, 0.2) is 36.4 Å². The maximum absolute atomic E-state index is 13.6. The summed E-state index contributed by atoms with van der Waals surface area (Å²) in [7, 11) is 1.24. The maximum Gasteiger partial charge on any atom is 0.337 e. The van der Waals surface area contributed by atoms with Crippen molar-refractivity contribution in [1.82, 2.24) is 4.90 Å². The van der Waals surface area contributed by atoms with Crippen LogP contribution >= 0.6 is 23.2 Å². The molecule has 2 aromatic carbocycles. The smallest absolute Gasteiger partial charge is 0.337 e. The number of benzene rings is 2. The van der Waals surface area contributed by atoms with E-state index in [1.807, 2.05) is 4.90 Å². The van der Waals surface area contributed by atoms with E-state index in [0.29, 0.717) is 31.7 Å². The number of nitrogens with zero attached hydrogens (tertiary/aromatic N) is 2. The lowest BCUT2D eigenvalue weighted by atomic mass is 9.87. The number of carbonyl (C=O) groups excluding carboxylic acids is 2. The fourth-order valence-corrected chi connectivity index (χ4v) is 4.89. The number of carbonyl (C=O) groups is 2. The number of rotatable bonds is 5. The molecule has 0 aliphatic carbocycles. The number of fused-ring (bicyclic) bond motifs is 1. The van der Waals surface area contributed by atoms with Gasteiger partial charge in [-0.1, -0.05) is 41.4 Å². The van der Waals surface area contributed by atoms with E-state index in [-0.39, 0.29) is 33.3 Å². The number of hydrogen-bond donors (Lipinski definition) is 1. The molecule has 6 nitrogen and oxygen atoms in total. The molecule has 0 radical (unpaired) electrons. The molecule has 0 spiro atoms. The fraction of sp³-hybridized carbons (Fsp3) is 0.364. The monoisotopic (exact) mass is 466 g/mol. The first-order valence-corrected chi connectivity index (χ1v) is 10.6. The first-order valence-electron chi connectivity index (χ1n) is 9.85. The molecule has 1 N–H and O–H groups in total. The molecule has 31 heavy (non-hydrogen) atoms. The molecule has 1 amide bonds. The van der Waals surface area contributed by atoms with Crippen LogP contribution in [0.2, 0.25) is 10.0 Å². The first kappa shape index (κ1) is 22.0. The van der Waals surface area contributed by atoms with Crippen LogP contribution in [0.25, 0.3) is 0 Å². The second-order valence-corrected chi connectivity index (χ2v) is 8.49. The minimum atomic E-state index is -2.12. The van der Waals surface area contributed by atoms with Crippen molar-refractivity contribution in [3.63, 3.8) is 0 Å². The Morgan fingerprint density at radius 1 is 1.26 bits per heavy atom. The van der Waals surface area contributed by atoms with Gasteiger partial charge in [-0.25, -0.2) is 9.18 Å². The Balaban J connectivity index is 1.81. The van der Waals surface area contributed by atoms with Crippen molar-refractivity contribution in [2.24, 2.45) is 0 Å². The van der Waals surface area contributed by atoms with E-state index in [0.717, 1.165) is 0 Å². The van der Waals surface area contributed by atoms with Crippen LogP contribution in [0.4, 0.5) is 10.1 Å². The number of alkyl halides is 1. The SMILES string of the molecule is COC(=O)c1cc(Cl)c2c(c1)N(CCN1CCC(F)C1)C(=O)C2(O)c1ccccc1Cl. The van der Waals surface area contributed by atoms with E-state index < -0.39 is 23.6 Å². The first-order chi connectivity index (χ1) is 14.8. The third kappa shape index (κ3) is 3.69. The molecule has 9 heteroatoms. The molecule has 2 aliphatic heterocycles. The van der Waals surface area contributed by atoms with Gasteiger partial charge < -0.3 is 14.7 Å². The number of anilines is 1. The van der Waals surface area contributed by atoms with E-state index in [9.17, 15) is 19.1 Å². The lowest BCUT2D eigenvalue weighted by Crippen LogP contribution is -2.44. The van der Waals surface area contributed by atoms with E-state index in [2.05, 4.69) is 0 Å². The van der Waals surface area contributed by atoms with Gasteiger partial charge in [-0.3, -0.25) is 9.69 Å². The van der Waals surface area contributed by atoms with Crippen molar-refractivity contribution in [3.8, 4) is 0 Å². The molecule has 0 saturated carbocycles. The molecular formula is C22H21Cl2FN2O4. The van der Waals surface area contributed by atoms with Gasteiger partial charge in [-0.2, -0.15) is 0 Å². The summed E-state index contributed by atoms with van der Waals surface area (Å²) in [4.78, 5) is 29.0. The standard InChI is InChI=1S/C22H21Cl2FN2O4/c1-31-20(28)13-10-17(24)19-18(11-13)27(9-8-26-7-6-14(25)12-26)21(29)22(19,30)15-4-2-3-5-16(15)23/h2-5,10-11,14,30H,6-9,12H2,1H3. The van der Waals surface area contributed by atoms with Crippen LogP contribution in [0, 0.1) is 0 Å². The molecule has 2 unspecified atom stereocenters. The molecule has 1 saturated heterocycles. The predicted octanol–water partition coefficient (Wildman–Crippen LogP) is 3.41. The van der Waals surface area contributed by atoms with Crippen LogP contribution in [0.3, 0.4) is 0 Å². The Labute approximate surface area is 189 Å². The molecule has 164 valence electrons. The summed E-state index contributed by atoms with van der Waals surface area (Å²) < 4.78 is 18.4. The normalized spacial score (nSPS) is 23.3. The number of hydrogen-bond acceptors (Lipinski definition) is 5. The maximum atomic E-state index is 13.6. The lowest BCUT2D eigenvalue weighted by molar-refractivity contribution is -0.132. The van der Waals surface area contributed by atoms with Gasteiger partial charge in [-0.05, 0) is 24.6 Å². The molecule has 4 rings (SSSR count). The zero-order valence-corrected chi connectivity index (χ0v) is 18.3. The van der Waals surface area contributed by atoms with Crippen molar-refractivity contribution in [3.05, 3.63) is 63.1 Å². The zero-order chi connectivity index (χ0) is 22.3. The van der Waals surface area contributed by atoms with Crippen molar-refractivity contribution >= 4 is 40.8 Å². The van der Waals surface area contributed by atoms with Gasteiger partial charge in [0.25, 0.3) is 5.91 Å². The Hall–Kier alpha value is -2.19. The van der Waals surface area contributed by atoms with Gasteiger partial charge in [0.1, 0.15) is 6.17 Å². The molecule has 2 aromatic rings. The third-order valence-corrected chi connectivity index (χ3v) is 6.44. The summed E-state index contributed by atoms with van der Waals surface area (Å²) >= 11 is 12.8. The van der Waals surface area contributed by atoms with Crippen LogP contribution in [0.5, 0.6) is 0 Å². The second kappa shape index (κ2) is 8.39. The van der Waals surface area contributed by atoms with Crippen LogP contribution in [0.1, 0.15) is 27.9 Å². The van der Waals surface area contributed by atoms with Crippen molar-refractivity contribution in [1.29, 1.82) is 0 Å². The third-order valence-electron chi connectivity index (χ3n) is 5.82. The summed E-state index contributed by atoms with van der Waals surface area (Å²) in [6.07, 6.45) is -0.436. The molecule has 0 bridgehead atoms. The van der Waals surface area contributed by atoms with Crippen molar-refractivity contribution in [2.75, 3.05) is 38.2 Å².